The number of ether oxygens (including phenoxy) is 1. The standard InChI is InChI=1S/C16H25Cl2N3O/c1-4-22-16-13(17)7-12(8-14(16)18)15(9-19)21-6-5-20(3)10-11(21)2/h7-8,11,15H,4-6,9-10,19H2,1-3H3. The third-order valence-corrected chi connectivity index (χ3v) is 4.76. The first kappa shape index (κ1) is 17.8. The summed E-state index contributed by atoms with van der Waals surface area (Å²) in [6.45, 7) is 8.28. The summed E-state index contributed by atoms with van der Waals surface area (Å²) in [5, 5.41) is 1.09. The largest absolute Gasteiger partial charge is 0.491 e. The second-order valence-electron chi connectivity index (χ2n) is 5.85. The summed E-state index contributed by atoms with van der Waals surface area (Å²) in [5.41, 5.74) is 7.11. The van der Waals surface area contributed by atoms with Gasteiger partial charge in [0.1, 0.15) is 0 Å². The highest BCUT2D eigenvalue weighted by Crippen LogP contribution is 2.37. The van der Waals surface area contributed by atoms with Gasteiger partial charge in [-0.05, 0) is 38.6 Å². The van der Waals surface area contributed by atoms with Crippen molar-refractivity contribution in [1.82, 2.24) is 9.80 Å². The maximum absolute atomic E-state index is 6.34. The molecule has 1 aromatic rings. The summed E-state index contributed by atoms with van der Waals surface area (Å²) < 4.78 is 5.50. The molecule has 1 aliphatic rings. The van der Waals surface area contributed by atoms with Crippen LogP contribution in [-0.4, -0.2) is 55.7 Å². The average Bonchev–Trinajstić information content (AvgIpc) is 2.46. The number of nitrogens with two attached hydrogens (primary N) is 1. The first-order valence-electron chi connectivity index (χ1n) is 7.74. The zero-order valence-corrected chi connectivity index (χ0v) is 15.0. The van der Waals surface area contributed by atoms with Gasteiger partial charge >= 0.3 is 0 Å². The number of piperazine rings is 1. The van der Waals surface area contributed by atoms with Crippen molar-refractivity contribution < 1.29 is 4.74 Å². The lowest BCUT2D eigenvalue weighted by Gasteiger charge is -2.42. The summed E-state index contributed by atoms with van der Waals surface area (Å²) in [6.07, 6.45) is 0. The van der Waals surface area contributed by atoms with Crippen molar-refractivity contribution in [3.05, 3.63) is 27.7 Å². The Balaban J connectivity index is 2.28. The molecule has 0 saturated carbocycles. The van der Waals surface area contributed by atoms with Crippen LogP contribution in [0.3, 0.4) is 0 Å². The summed E-state index contributed by atoms with van der Waals surface area (Å²) in [5.74, 6) is 0.553. The van der Waals surface area contributed by atoms with E-state index in [2.05, 4.69) is 23.8 Å². The molecule has 0 radical (unpaired) electrons. The first-order valence-corrected chi connectivity index (χ1v) is 8.49. The van der Waals surface area contributed by atoms with E-state index < -0.39 is 0 Å². The second-order valence-corrected chi connectivity index (χ2v) is 6.66. The number of likely N-dealkylation sites (N-methyl/N-ethyl adjacent to an activating group) is 1. The Morgan fingerprint density at radius 2 is 1.95 bits per heavy atom. The van der Waals surface area contributed by atoms with Gasteiger partial charge in [0.05, 0.1) is 16.7 Å². The molecule has 4 nitrogen and oxygen atoms in total. The fraction of sp³-hybridized carbons (Fsp3) is 0.625. The van der Waals surface area contributed by atoms with Crippen molar-refractivity contribution in [1.29, 1.82) is 0 Å². The lowest BCUT2D eigenvalue weighted by Crippen LogP contribution is -2.52. The number of hydrogen-bond donors (Lipinski definition) is 1. The van der Waals surface area contributed by atoms with Crippen molar-refractivity contribution in [2.24, 2.45) is 5.73 Å². The van der Waals surface area contributed by atoms with E-state index in [0.717, 1.165) is 25.2 Å². The van der Waals surface area contributed by atoms with E-state index in [4.69, 9.17) is 33.7 Å². The highest BCUT2D eigenvalue weighted by molar-refractivity contribution is 6.37. The molecule has 0 spiro atoms. The number of hydrogen-bond acceptors (Lipinski definition) is 4. The molecule has 6 heteroatoms. The van der Waals surface area contributed by atoms with Gasteiger partial charge in [-0.15, -0.1) is 0 Å². The predicted molar refractivity (Wildman–Crippen MR) is 93.1 cm³/mol. The third-order valence-electron chi connectivity index (χ3n) is 4.20. The molecule has 2 atom stereocenters. The second kappa shape index (κ2) is 7.84. The van der Waals surface area contributed by atoms with Crippen LogP contribution in [0.15, 0.2) is 12.1 Å². The smallest absolute Gasteiger partial charge is 0.156 e. The van der Waals surface area contributed by atoms with Gasteiger partial charge in [-0.2, -0.15) is 0 Å². The number of nitrogens with zero attached hydrogens (tertiary/aromatic N) is 2. The molecule has 1 saturated heterocycles. The van der Waals surface area contributed by atoms with E-state index >= 15 is 0 Å². The molecule has 1 aliphatic heterocycles. The van der Waals surface area contributed by atoms with Crippen molar-refractivity contribution in [3.63, 3.8) is 0 Å². The lowest BCUT2D eigenvalue weighted by molar-refractivity contribution is 0.0635. The van der Waals surface area contributed by atoms with Gasteiger partial charge in [0.15, 0.2) is 5.75 Å². The fourth-order valence-corrected chi connectivity index (χ4v) is 3.75. The van der Waals surface area contributed by atoms with Crippen molar-refractivity contribution in [3.8, 4) is 5.75 Å². The molecule has 0 amide bonds. The molecule has 2 rings (SSSR count). The van der Waals surface area contributed by atoms with Gasteiger partial charge in [-0.3, -0.25) is 4.90 Å². The normalized spacial score (nSPS) is 21.8. The quantitative estimate of drug-likeness (QED) is 0.890. The maximum Gasteiger partial charge on any atom is 0.156 e. The Morgan fingerprint density at radius 3 is 2.45 bits per heavy atom. The van der Waals surface area contributed by atoms with Crippen LogP contribution in [0.1, 0.15) is 25.5 Å². The van der Waals surface area contributed by atoms with Crippen LogP contribution in [0.4, 0.5) is 0 Å². The van der Waals surface area contributed by atoms with Gasteiger partial charge in [0.2, 0.25) is 0 Å². The van der Waals surface area contributed by atoms with E-state index in [-0.39, 0.29) is 6.04 Å². The van der Waals surface area contributed by atoms with E-state index in [9.17, 15) is 0 Å². The maximum atomic E-state index is 6.34. The summed E-state index contributed by atoms with van der Waals surface area (Å²) >= 11 is 12.7. The average molecular weight is 346 g/mol. The molecular formula is C16H25Cl2N3O. The SMILES string of the molecule is CCOc1c(Cl)cc(C(CN)N2CCN(C)CC2C)cc1Cl. The first-order chi connectivity index (χ1) is 10.5. The third kappa shape index (κ3) is 3.87. The van der Waals surface area contributed by atoms with Crippen molar-refractivity contribution >= 4 is 23.2 Å². The van der Waals surface area contributed by atoms with Crippen LogP contribution in [0.2, 0.25) is 10.0 Å². The molecule has 1 aromatic carbocycles. The molecule has 124 valence electrons. The van der Waals surface area contributed by atoms with E-state index in [1.54, 1.807) is 0 Å². The number of rotatable bonds is 5. The van der Waals surface area contributed by atoms with Gasteiger partial charge in [-0.25, -0.2) is 0 Å². The molecule has 0 aliphatic carbocycles. The fourth-order valence-electron chi connectivity index (χ4n) is 3.13. The Kier molecular flexibility index (Phi) is 6.36. The topological polar surface area (TPSA) is 41.7 Å². The highest BCUT2D eigenvalue weighted by atomic mass is 35.5. The molecule has 22 heavy (non-hydrogen) atoms. The molecule has 0 aromatic heterocycles. The van der Waals surface area contributed by atoms with Gasteiger partial charge < -0.3 is 15.4 Å². The number of benzene rings is 1. The highest BCUT2D eigenvalue weighted by Gasteiger charge is 2.29. The minimum Gasteiger partial charge on any atom is -0.491 e. The van der Waals surface area contributed by atoms with Crippen molar-refractivity contribution in [2.45, 2.75) is 25.9 Å². The van der Waals surface area contributed by atoms with Gasteiger partial charge in [-0.1, -0.05) is 23.2 Å². The summed E-state index contributed by atoms with van der Waals surface area (Å²) in [6, 6.07) is 4.42. The molecule has 2 unspecified atom stereocenters. The zero-order valence-electron chi connectivity index (χ0n) is 13.5. The van der Waals surface area contributed by atoms with Crippen LogP contribution in [0, 0.1) is 0 Å². The van der Waals surface area contributed by atoms with Crippen LogP contribution < -0.4 is 10.5 Å². The Bertz CT molecular complexity index is 489. The van der Waals surface area contributed by atoms with Gasteiger partial charge in [0, 0.05) is 38.3 Å². The van der Waals surface area contributed by atoms with Crippen LogP contribution in [0.25, 0.3) is 0 Å². The van der Waals surface area contributed by atoms with Crippen molar-refractivity contribution in [2.75, 3.05) is 39.8 Å². The minimum absolute atomic E-state index is 0.120. The monoisotopic (exact) mass is 345 g/mol. The Morgan fingerprint density at radius 1 is 1.32 bits per heavy atom. The van der Waals surface area contributed by atoms with Crippen LogP contribution in [0.5, 0.6) is 5.75 Å². The molecule has 1 heterocycles. The minimum atomic E-state index is 0.120. The molecular weight excluding hydrogens is 321 g/mol. The Labute approximate surface area is 143 Å². The van der Waals surface area contributed by atoms with E-state index in [1.807, 2.05) is 19.1 Å². The summed E-state index contributed by atoms with van der Waals surface area (Å²) in [4.78, 5) is 4.77. The lowest BCUT2D eigenvalue weighted by atomic mass is 10.0. The number of halogens is 2. The van der Waals surface area contributed by atoms with Gasteiger partial charge in [0.25, 0.3) is 0 Å². The van der Waals surface area contributed by atoms with Crippen LogP contribution >= 0.6 is 23.2 Å². The Hall–Kier alpha value is -0.520. The predicted octanol–water partition coefficient (Wildman–Crippen LogP) is 3.03. The van der Waals surface area contributed by atoms with Crippen LogP contribution in [-0.2, 0) is 0 Å². The van der Waals surface area contributed by atoms with E-state index in [0.29, 0.717) is 35.0 Å². The van der Waals surface area contributed by atoms with E-state index in [1.165, 1.54) is 0 Å². The summed E-state index contributed by atoms with van der Waals surface area (Å²) in [7, 11) is 2.15. The zero-order chi connectivity index (χ0) is 16.3. The molecule has 2 N–H and O–H groups in total. The molecule has 1 fully saturated rings. The molecule has 0 bridgehead atoms.